The van der Waals surface area contributed by atoms with Gasteiger partial charge in [0.2, 0.25) is 10.0 Å². The molecule has 0 bridgehead atoms. The van der Waals surface area contributed by atoms with Crippen LogP contribution in [0.15, 0.2) is 66.1 Å². The van der Waals surface area contributed by atoms with Gasteiger partial charge in [-0.25, -0.2) is 13.1 Å². The van der Waals surface area contributed by atoms with Crippen LogP contribution in [0.25, 0.3) is 6.08 Å². The third-order valence-corrected chi connectivity index (χ3v) is 4.58. The summed E-state index contributed by atoms with van der Waals surface area (Å²) in [5.41, 5.74) is 1.84. The number of rotatable bonds is 8. The van der Waals surface area contributed by atoms with E-state index in [2.05, 4.69) is 4.72 Å². The van der Waals surface area contributed by atoms with Crippen molar-refractivity contribution in [2.24, 2.45) is 0 Å². The minimum atomic E-state index is -3.51. The van der Waals surface area contributed by atoms with Gasteiger partial charge in [-0.05, 0) is 29.5 Å². The topological polar surface area (TPSA) is 66.4 Å². The number of aliphatic hydroxyl groups excluding tert-OH is 1. The average Bonchev–Trinajstić information content (AvgIpc) is 2.59. The highest BCUT2D eigenvalue weighted by molar-refractivity contribution is 7.92. The summed E-state index contributed by atoms with van der Waals surface area (Å²) in [6.07, 6.45) is 2.07. The summed E-state index contributed by atoms with van der Waals surface area (Å²) in [4.78, 5) is 0. The van der Waals surface area contributed by atoms with E-state index in [0.717, 1.165) is 11.1 Å². The van der Waals surface area contributed by atoms with E-state index >= 15 is 0 Å². The number of benzene rings is 2. The summed E-state index contributed by atoms with van der Waals surface area (Å²) in [5.74, 6) is -0.0545. The van der Waals surface area contributed by atoms with Crippen LogP contribution in [-0.4, -0.2) is 26.7 Å². The van der Waals surface area contributed by atoms with Crippen molar-refractivity contribution in [1.82, 2.24) is 4.72 Å². The van der Waals surface area contributed by atoms with Gasteiger partial charge < -0.3 is 5.11 Å². The Kier molecular flexibility index (Phi) is 6.52. The third kappa shape index (κ3) is 5.98. The molecule has 2 aromatic rings. The van der Waals surface area contributed by atoms with Crippen LogP contribution in [0.3, 0.4) is 0 Å². The zero-order valence-electron chi connectivity index (χ0n) is 12.8. The first-order chi connectivity index (χ1) is 11.1. The molecule has 0 aromatic heterocycles. The molecule has 1 atom stereocenters. The summed E-state index contributed by atoms with van der Waals surface area (Å²) in [6, 6.07) is 18.9. The monoisotopic (exact) mass is 331 g/mol. The van der Waals surface area contributed by atoms with Gasteiger partial charge in [0.25, 0.3) is 0 Å². The smallest absolute Gasteiger partial charge is 0.233 e. The van der Waals surface area contributed by atoms with Crippen LogP contribution in [0.2, 0.25) is 0 Å². The fourth-order valence-corrected chi connectivity index (χ4v) is 3.13. The molecule has 0 aliphatic heterocycles. The van der Waals surface area contributed by atoms with Crippen molar-refractivity contribution in [3.8, 4) is 0 Å². The van der Waals surface area contributed by atoms with Crippen molar-refractivity contribution in [3.63, 3.8) is 0 Å². The zero-order chi connectivity index (χ0) is 16.5. The van der Waals surface area contributed by atoms with Gasteiger partial charge in [-0.3, -0.25) is 0 Å². The number of sulfonamides is 1. The lowest BCUT2D eigenvalue weighted by molar-refractivity contribution is 0.275. The van der Waals surface area contributed by atoms with E-state index in [1.165, 1.54) is 5.41 Å². The summed E-state index contributed by atoms with van der Waals surface area (Å²) >= 11 is 0. The van der Waals surface area contributed by atoms with Crippen molar-refractivity contribution in [2.75, 3.05) is 13.2 Å². The molecule has 2 rings (SSSR count). The molecule has 1 unspecified atom stereocenters. The Bertz CT molecular complexity index is 712. The molecule has 2 N–H and O–H groups in total. The van der Waals surface area contributed by atoms with Crippen molar-refractivity contribution in [2.45, 2.75) is 12.3 Å². The Morgan fingerprint density at radius 2 is 1.61 bits per heavy atom. The lowest BCUT2D eigenvalue weighted by Gasteiger charge is -2.16. The molecule has 0 fully saturated rings. The molecule has 122 valence electrons. The molecule has 0 radical (unpaired) electrons. The first kappa shape index (κ1) is 17.4. The fourth-order valence-electron chi connectivity index (χ4n) is 2.26. The van der Waals surface area contributed by atoms with Gasteiger partial charge in [0.1, 0.15) is 0 Å². The molecule has 5 heteroatoms. The summed E-state index contributed by atoms with van der Waals surface area (Å²) < 4.78 is 26.8. The van der Waals surface area contributed by atoms with E-state index in [4.69, 9.17) is 0 Å². The van der Waals surface area contributed by atoms with Gasteiger partial charge in [-0.2, -0.15) is 0 Å². The van der Waals surface area contributed by atoms with Crippen LogP contribution in [0.5, 0.6) is 0 Å². The fraction of sp³-hybridized carbons (Fsp3) is 0.222. The number of hydrogen-bond donors (Lipinski definition) is 2. The van der Waals surface area contributed by atoms with Crippen LogP contribution in [0.4, 0.5) is 0 Å². The molecule has 0 spiro atoms. The molecule has 0 aliphatic carbocycles. The Balaban J connectivity index is 2.00. The van der Waals surface area contributed by atoms with Gasteiger partial charge in [-0.15, -0.1) is 0 Å². The first-order valence-corrected chi connectivity index (χ1v) is 9.04. The lowest BCUT2D eigenvalue weighted by Crippen LogP contribution is -2.27. The maximum atomic E-state index is 12.1. The second-order valence-electron chi connectivity index (χ2n) is 5.23. The van der Waals surface area contributed by atoms with E-state index in [-0.39, 0.29) is 19.1 Å². The Labute approximate surface area is 137 Å². The van der Waals surface area contributed by atoms with Crippen LogP contribution >= 0.6 is 0 Å². The minimum absolute atomic E-state index is 0.0150. The van der Waals surface area contributed by atoms with E-state index < -0.39 is 10.0 Å². The maximum Gasteiger partial charge on any atom is 0.233 e. The van der Waals surface area contributed by atoms with Gasteiger partial charge in [0, 0.05) is 18.6 Å². The third-order valence-electron chi connectivity index (χ3n) is 3.52. The van der Waals surface area contributed by atoms with Gasteiger partial charge >= 0.3 is 0 Å². The first-order valence-electron chi connectivity index (χ1n) is 7.49. The van der Waals surface area contributed by atoms with E-state index in [0.29, 0.717) is 6.42 Å². The summed E-state index contributed by atoms with van der Waals surface area (Å²) in [7, 11) is -3.51. The van der Waals surface area contributed by atoms with Gasteiger partial charge in [0.15, 0.2) is 0 Å². The number of hydrogen-bond acceptors (Lipinski definition) is 3. The number of aliphatic hydroxyl groups is 1. The normalized spacial score (nSPS) is 13.3. The molecular weight excluding hydrogens is 310 g/mol. The highest BCUT2D eigenvalue weighted by atomic mass is 32.2. The van der Waals surface area contributed by atoms with E-state index in [1.54, 1.807) is 6.08 Å². The largest absolute Gasteiger partial charge is 0.396 e. The molecule has 2 aromatic carbocycles. The van der Waals surface area contributed by atoms with Crippen molar-refractivity contribution < 1.29 is 13.5 Å². The minimum Gasteiger partial charge on any atom is -0.396 e. The second-order valence-corrected chi connectivity index (χ2v) is 6.88. The summed E-state index contributed by atoms with van der Waals surface area (Å²) in [5, 5.41) is 10.4. The summed E-state index contributed by atoms with van der Waals surface area (Å²) in [6.45, 7) is 0.271. The zero-order valence-corrected chi connectivity index (χ0v) is 13.6. The average molecular weight is 331 g/mol. The van der Waals surface area contributed by atoms with Crippen molar-refractivity contribution in [1.29, 1.82) is 0 Å². The van der Waals surface area contributed by atoms with Crippen LogP contribution in [0.1, 0.15) is 23.5 Å². The Hall–Kier alpha value is -1.95. The SMILES string of the molecule is O=S(=O)(/C=C/c1ccccc1)NCC(CCO)c1ccccc1. The standard InChI is InChI=1S/C18H21NO3S/c20-13-11-18(17-9-5-2-6-10-17)15-19-23(21,22)14-12-16-7-3-1-4-8-16/h1-10,12,14,18-20H,11,13,15H2/b14-12+. The van der Waals surface area contributed by atoms with Gasteiger partial charge in [0.05, 0.1) is 0 Å². The predicted octanol–water partition coefficient (Wildman–Crippen LogP) is 2.74. The Morgan fingerprint density at radius 3 is 2.22 bits per heavy atom. The molecule has 0 saturated carbocycles. The second kappa shape index (κ2) is 8.62. The quantitative estimate of drug-likeness (QED) is 0.781. The van der Waals surface area contributed by atoms with Gasteiger partial charge in [-0.1, -0.05) is 60.7 Å². The highest BCUT2D eigenvalue weighted by Crippen LogP contribution is 2.18. The molecular formula is C18H21NO3S. The molecule has 0 heterocycles. The van der Waals surface area contributed by atoms with Crippen molar-refractivity contribution >= 4 is 16.1 Å². The van der Waals surface area contributed by atoms with Crippen LogP contribution in [0, 0.1) is 0 Å². The molecule has 4 nitrogen and oxygen atoms in total. The maximum absolute atomic E-state index is 12.1. The van der Waals surface area contributed by atoms with Crippen molar-refractivity contribution in [3.05, 3.63) is 77.2 Å². The lowest BCUT2D eigenvalue weighted by atomic mass is 9.96. The van der Waals surface area contributed by atoms with E-state index in [1.807, 2.05) is 60.7 Å². The molecule has 0 aliphatic rings. The van der Waals surface area contributed by atoms with Crippen LogP contribution in [-0.2, 0) is 10.0 Å². The van der Waals surface area contributed by atoms with Crippen LogP contribution < -0.4 is 4.72 Å². The molecule has 23 heavy (non-hydrogen) atoms. The van der Waals surface area contributed by atoms with E-state index in [9.17, 15) is 13.5 Å². The highest BCUT2D eigenvalue weighted by Gasteiger charge is 2.14. The molecule has 0 saturated heterocycles. The predicted molar refractivity (Wildman–Crippen MR) is 93.3 cm³/mol. The Morgan fingerprint density at radius 1 is 1.00 bits per heavy atom. The number of nitrogens with one attached hydrogen (secondary N) is 1. The molecule has 0 amide bonds.